The van der Waals surface area contributed by atoms with Crippen LogP contribution in [0.2, 0.25) is 5.02 Å². The van der Waals surface area contributed by atoms with Gasteiger partial charge in [-0.15, -0.1) is 11.3 Å². The van der Waals surface area contributed by atoms with E-state index >= 15 is 0 Å². The first-order valence-corrected chi connectivity index (χ1v) is 8.47. The Hall–Kier alpha value is -2.57. The third kappa shape index (κ3) is 3.20. The largest absolute Gasteiger partial charge is 0.339 e. The molecule has 0 aliphatic heterocycles. The standard InChI is InChI=1S/C17H11ClN4OS/c18-13-3-1-11(2-4-13)14-10-24-16(20-14)9-15-21-17(22-23-15)12-5-7-19-8-6-12/h1-8,10H,9H2. The molecule has 1 aromatic carbocycles. The Kier molecular flexibility index (Phi) is 4.06. The minimum absolute atomic E-state index is 0.510. The van der Waals surface area contributed by atoms with Gasteiger partial charge < -0.3 is 4.52 Å². The summed E-state index contributed by atoms with van der Waals surface area (Å²) in [5.74, 6) is 1.10. The number of hydrogen-bond acceptors (Lipinski definition) is 6. The summed E-state index contributed by atoms with van der Waals surface area (Å²) >= 11 is 7.48. The summed E-state index contributed by atoms with van der Waals surface area (Å²) < 4.78 is 5.32. The van der Waals surface area contributed by atoms with E-state index < -0.39 is 0 Å². The molecule has 5 nitrogen and oxygen atoms in total. The quantitative estimate of drug-likeness (QED) is 0.540. The molecule has 0 N–H and O–H groups in total. The molecule has 0 atom stereocenters. The number of benzene rings is 1. The average Bonchev–Trinajstić information content (AvgIpc) is 3.27. The number of rotatable bonds is 4. The molecule has 0 radical (unpaired) electrons. The maximum atomic E-state index is 5.92. The zero-order chi connectivity index (χ0) is 16.4. The molecular weight excluding hydrogens is 344 g/mol. The van der Waals surface area contributed by atoms with Crippen molar-refractivity contribution in [1.82, 2.24) is 20.1 Å². The molecule has 0 amide bonds. The van der Waals surface area contributed by atoms with Crippen LogP contribution in [0.5, 0.6) is 0 Å². The molecule has 118 valence electrons. The van der Waals surface area contributed by atoms with Gasteiger partial charge in [0.1, 0.15) is 5.01 Å². The van der Waals surface area contributed by atoms with Gasteiger partial charge in [-0.2, -0.15) is 4.98 Å². The number of thiazole rings is 1. The molecule has 0 aliphatic carbocycles. The second-order valence-corrected chi connectivity index (χ2v) is 6.44. The molecule has 4 aromatic rings. The Morgan fingerprint density at radius 3 is 2.54 bits per heavy atom. The van der Waals surface area contributed by atoms with Crippen molar-refractivity contribution in [2.75, 3.05) is 0 Å². The van der Waals surface area contributed by atoms with Crippen LogP contribution in [0.4, 0.5) is 0 Å². The third-order valence-electron chi connectivity index (χ3n) is 3.40. The van der Waals surface area contributed by atoms with Gasteiger partial charge in [0.2, 0.25) is 11.7 Å². The van der Waals surface area contributed by atoms with Gasteiger partial charge in [-0.05, 0) is 24.3 Å². The van der Waals surface area contributed by atoms with Crippen LogP contribution in [0.25, 0.3) is 22.6 Å². The Morgan fingerprint density at radius 2 is 1.75 bits per heavy atom. The third-order valence-corrected chi connectivity index (χ3v) is 4.50. The summed E-state index contributed by atoms with van der Waals surface area (Å²) in [7, 11) is 0. The molecule has 0 bridgehead atoms. The van der Waals surface area contributed by atoms with E-state index in [4.69, 9.17) is 16.1 Å². The summed E-state index contributed by atoms with van der Waals surface area (Å²) in [5, 5.41) is 7.65. The van der Waals surface area contributed by atoms with E-state index in [9.17, 15) is 0 Å². The minimum Gasteiger partial charge on any atom is -0.339 e. The Bertz CT molecular complexity index is 950. The first kappa shape index (κ1) is 15.0. The molecule has 0 saturated heterocycles. The lowest BCUT2D eigenvalue weighted by Gasteiger charge is -1.96. The van der Waals surface area contributed by atoms with Gasteiger partial charge in [-0.25, -0.2) is 4.98 Å². The molecule has 3 aromatic heterocycles. The van der Waals surface area contributed by atoms with Crippen molar-refractivity contribution in [2.45, 2.75) is 6.42 Å². The molecule has 0 spiro atoms. The van der Waals surface area contributed by atoms with Gasteiger partial charge in [-0.1, -0.05) is 28.9 Å². The lowest BCUT2D eigenvalue weighted by atomic mass is 10.2. The number of pyridine rings is 1. The number of halogens is 1. The van der Waals surface area contributed by atoms with Gasteiger partial charge in [0.15, 0.2) is 0 Å². The van der Waals surface area contributed by atoms with Crippen molar-refractivity contribution in [1.29, 1.82) is 0 Å². The zero-order valence-corrected chi connectivity index (χ0v) is 14.0. The Labute approximate surface area is 147 Å². The maximum absolute atomic E-state index is 5.92. The normalized spacial score (nSPS) is 10.9. The van der Waals surface area contributed by atoms with Crippen LogP contribution in [0.3, 0.4) is 0 Å². The van der Waals surface area contributed by atoms with E-state index in [1.165, 1.54) is 0 Å². The van der Waals surface area contributed by atoms with Crippen LogP contribution in [0, 0.1) is 0 Å². The number of aromatic nitrogens is 4. The highest BCUT2D eigenvalue weighted by molar-refractivity contribution is 7.10. The monoisotopic (exact) mass is 354 g/mol. The molecule has 4 rings (SSSR count). The zero-order valence-electron chi connectivity index (χ0n) is 12.4. The van der Waals surface area contributed by atoms with Gasteiger partial charge in [-0.3, -0.25) is 4.98 Å². The fourth-order valence-electron chi connectivity index (χ4n) is 2.22. The van der Waals surface area contributed by atoms with E-state index in [0.717, 1.165) is 21.8 Å². The van der Waals surface area contributed by atoms with E-state index in [1.807, 2.05) is 41.8 Å². The van der Waals surface area contributed by atoms with Gasteiger partial charge in [0, 0.05) is 33.9 Å². The lowest BCUT2D eigenvalue weighted by Crippen LogP contribution is -1.88. The highest BCUT2D eigenvalue weighted by Crippen LogP contribution is 2.25. The first-order valence-electron chi connectivity index (χ1n) is 7.21. The second kappa shape index (κ2) is 6.51. The maximum Gasteiger partial charge on any atom is 0.233 e. The van der Waals surface area contributed by atoms with E-state index in [2.05, 4.69) is 20.1 Å². The number of hydrogen-bond donors (Lipinski definition) is 0. The summed E-state index contributed by atoms with van der Waals surface area (Å²) in [4.78, 5) is 13.0. The molecule has 0 aliphatic rings. The van der Waals surface area contributed by atoms with Crippen LogP contribution in [0.15, 0.2) is 58.7 Å². The Balaban J connectivity index is 1.52. The molecule has 0 fully saturated rings. The smallest absolute Gasteiger partial charge is 0.233 e. The van der Waals surface area contributed by atoms with Gasteiger partial charge in [0.25, 0.3) is 0 Å². The van der Waals surface area contributed by atoms with Crippen molar-refractivity contribution in [3.05, 3.63) is 70.1 Å². The summed E-state index contributed by atoms with van der Waals surface area (Å²) in [5.41, 5.74) is 2.83. The van der Waals surface area contributed by atoms with Crippen LogP contribution in [-0.2, 0) is 6.42 Å². The van der Waals surface area contributed by atoms with Crippen molar-refractivity contribution in [3.8, 4) is 22.6 Å². The summed E-state index contributed by atoms with van der Waals surface area (Å²) in [6.07, 6.45) is 3.91. The van der Waals surface area contributed by atoms with Crippen LogP contribution < -0.4 is 0 Å². The fraction of sp³-hybridized carbons (Fsp3) is 0.0588. The van der Waals surface area contributed by atoms with E-state index in [0.29, 0.717) is 23.2 Å². The van der Waals surface area contributed by atoms with Crippen LogP contribution in [0.1, 0.15) is 10.9 Å². The molecular formula is C17H11ClN4OS. The van der Waals surface area contributed by atoms with Gasteiger partial charge >= 0.3 is 0 Å². The lowest BCUT2D eigenvalue weighted by molar-refractivity contribution is 0.385. The SMILES string of the molecule is Clc1ccc(-c2csc(Cc3nc(-c4ccncc4)no3)n2)cc1. The van der Waals surface area contributed by atoms with E-state index in [-0.39, 0.29) is 0 Å². The number of nitrogens with zero attached hydrogens (tertiary/aromatic N) is 4. The Morgan fingerprint density at radius 1 is 0.958 bits per heavy atom. The summed E-state index contributed by atoms with van der Waals surface area (Å²) in [6, 6.07) is 11.3. The fourth-order valence-corrected chi connectivity index (χ4v) is 3.14. The van der Waals surface area contributed by atoms with Crippen molar-refractivity contribution < 1.29 is 4.52 Å². The molecule has 0 unspecified atom stereocenters. The predicted octanol–water partition coefficient (Wildman–Crippen LogP) is 4.50. The second-order valence-electron chi connectivity index (χ2n) is 5.06. The van der Waals surface area contributed by atoms with Crippen molar-refractivity contribution in [2.24, 2.45) is 0 Å². The predicted molar refractivity (Wildman–Crippen MR) is 92.9 cm³/mol. The van der Waals surface area contributed by atoms with Gasteiger partial charge in [0.05, 0.1) is 12.1 Å². The van der Waals surface area contributed by atoms with Crippen LogP contribution >= 0.6 is 22.9 Å². The highest BCUT2D eigenvalue weighted by atomic mass is 35.5. The topological polar surface area (TPSA) is 64.7 Å². The molecule has 24 heavy (non-hydrogen) atoms. The highest BCUT2D eigenvalue weighted by Gasteiger charge is 2.12. The first-order chi connectivity index (χ1) is 11.8. The molecule has 0 saturated carbocycles. The molecule has 3 heterocycles. The molecule has 7 heteroatoms. The van der Waals surface area contributed by atoms with Crippen LogP contribution in [-0.4, -0.2) is 20.1 Å². The van der Waals surface area contributed by atoms with Crippen molar-refractivity contribution >= 4 is 22.9 Å². The minimum atomic E-state index is 0.510. The van der Waals surface area contributed by atoms with E-state index in [1.54, 1.807) is 23.7 Å². The summed E-state index contributed by atoms with van der Waals surface area (Å²) in [6.45, 7) is 0. The average molecular weight is 355 g/mol. The van der Waals surface area contributed by atoms with Crippen molar-refractivity contribution in [3.63, 3.8) is 0 Å².